The quantitative estimate of drug-likeness (QED) is 0.712. The second kappa shape index (κ2) is 5.98. The summed E-state index contributed by atoms with van der Waals surface area (Å²) in [5.74, 6) is 0.164. The fourth-order valence-corrected chi connectivity index (χ4v) is 1.57. The molecule has 0 spiro atoms. The number of hydrogen-bond acceptors (Lipinski definition) is 3. The van der Waals surface area contributed by atoms with E-state index in [1.54, 1.807) is 0 Å². The van der Waals surface area contributed by atoms with Crippen LogP contribution in [0.5, 0.6) is 0 Å². The number of rotatable bonds is 5. The lowest BCUT2D eigenvalue weighted by Gasteiger charge is -2.23. The molecule has 1 rings (SSSR count). The molecule has 1 unspecified atom stereocenters. The first-order valence-electron chi connectivity index (χ1n) is 5.22. The maximum Gasteiger partial charge on any atom is 0.246 e. The molecule has 0 bridgehead atoms. The smallest absolute Gasteiger partial charge is 0.246 e. The second-order valence-corrected chi connectivity index (χ2v) is 3.69. The molecule has 0 aromatic rings. The summed E-state index contributed by atoms with van der Waals surface area (Å²) in [6, 6.07) is 0. The van der Waals surface area contributed by atoms with E-state index in [0.717, 1.165) is 26.1 Å². The van der Waals surface area contributed by atoms with Gasteiger partial charge in [0.05, 0.1) is 6.61 Å². The molecule has 1 atom stereocenters. The highest BCUT2D eigenvalue weighted by Crippen LogP contribution is 2.15. The molecular weight excluding hydrogens is 182 g/mol. The Kier molecular flexibility index (Phi) is 4.90. The van der Waals surface area contributed by atoms with Crippen LogP contribution in [0.1, 0.15) is 26.2 Å². The molecule has 14 heavy (non-hydrogen) atoms. The lowest BCUT2D eigenvalue weighted by molar-refractivity contribution is -0.131. The van der Waals surface area contributed by atoms with Gasteiger partial charge in [-0.1, -0.05) is 6.92 Å². The molecule has 2 N–H and O–H groups in total. The van der Waals surface area contributed by atoms with Crippen molar-refractivity contribution in [2.45, 2.75) is 32.3 Å². The summed E-state index contributed by atoms with van der Waals surface area (Å²) >= 11 is 0. The highest BCUT2D eigenvalue weighted by atomic mass is 16.5. The number of carbonyl (C=O) groups excluding carboxylic acids is 1. The first kappa shape index (κ1) is 11.5. The van der Waals surface area contributed by atoms with Gasteiger partial charge in [-0.2, -0.15) is 0 Å². The molecule has 1 saturated heterocycles. The second-order valence-electron chi connectivity index (χ2n) is 3.69. The van der Waals surface area contributed by atoms with Gasteiger partial charge in [-0.3, -0.25) is 4.79 Å². The SMILES string of the molecule is CCC(OCC1CCOCC1)C(N)=O. The zero-order valence-corrected chi connectivity index (χ0v) is 8.70. The average Bonchev–Trinajstić information content (AvgIpc) is 2.20. The van der Waals surface area contributed by atoms with Crippen LogP contribution < -0.4 is 5.73 Å². The zero-order chi connectivity index (χ0) is 10.4. The van der Waals surface area contributed by atoms with Crippen molar-refractivity contribution in [3.63, 3.8) is 0 Å². The molecule has 4 heteroatoms. The number of primary amides is 1. The van der Waals surface area contributed by atoms with Gasteiger partial charge in [0.2, 0.25) is 5.91 Å². The van der Waals surface area contributed by atoms with Crippen molar-refractivity contribution in [2.75, 3.05) is 19.8 Å². The van der Waals surface area contributed by atoms with Crippen molar-refractivity contribution in [3.05, 3.63) is 0 Å². The highest BCUT2D eigenvalue weighted by Gasteiger charge is 2.18. The van der Waals surface area contributed by atoms with Gasteiger partial charge in [0, 0.05) is 13.2 Å². The van der Waals surface area contributed by atoms with Gasteiger partial charge in [-0.25, -0.2) is 0 Å². The summed E-state index contributed by atoms with van der Waals surface area (Å²) in [5.41, 5.74) is 5.17. The normalized spacial score (nSPS) is 20.6. The summed E-state index contributed by atoms with van der Waals surface area (Å²) < 4.78 is 10.7. The molecule has 1 aliphatic heterocycles. The van der Waals surface area contributed by atoms with E-state index in [1.165, 1.54) is 0 Å². The third-order valence-electron chi connectivity index (χ3n) is 2.56. The molecule has 1 heterocycles. The highest BCUT2D eigenvalue weighted by molar-refractivity contribution is 5.78. The van der Waals surface area contributed by atoms with E-state index < -0.39 is 6.10 Å². The Morgan fingerprint density at radius 3 is 2.71 bits per heavy atom. The van der Waals surface area contributed by atoms with Gasteiger partial charge in [0.15, 0.2) is 0 Å². The topological polar surface area (TPSA) is 61.6 Å². The Bertz CT molecular complexity index is 178. The van der Waals surface area contributed by atoms with Crippen LogP contribution in [-0.4, -0.2) is 31.8 Å². The van der Waals surface area contributed by atoms with Crippen LogP contribution >= 0.6 is 0 Å². The number of amides is 1. The minimum atomic E-state index is -0.419. The minimum absolute atomic E-state index is 0.362. The summed E-state index contributed by atoms with van der Waals surface area (Å²) in [5, 5.41) is 0. The van der Waals surface area contributed by atoms with E-state index in [0.29, 0.717) is 18.9 Å². The third kappa shape index (κ3) is 3.64. The van der Waals surface area contributed by atoms with Crippen LogP contribution in [0, 0.1) is 5.92 Å². The number of ether oxygens (including phenoxy) is 2. The van der Waals surface area contributed by atoms with Gasteiger partial charge in [0.25, 0.3) is 0 Å². The lowest BCUT2D eigenvalue weighted by Crippen LogP contribution is -2.33. The Hall–Kier alpha value is -0.610. The Morgan fingerprint density at radius 1 is 1.57 bits per heavy atom. The average molecular weight is 201 g/mol. The van der Waals surface area contributed by atoms with Crippen molar-refractivity contribution in [1.82, 2.24) is 0 Å². The molecule has 1 fully saturated rings. The summed E-state index contributed by atoms with van der Waals surface area (Å²) in [4.78, 5) is 10.9. The van der Waals surface area contributed by atoms with E-state index in [-0.39, 0.29) is 5.91 Å². The van der Waals surface area contributed by atoms with Crippen LogP contribution in [0.2, 0.25) is 0 Å². The molecule has 4 nitrogen and oxygen atoms in total. The Balaban J connectivity index is 2.20. The van der Waals surface area contributed by atoms with E-state index in [1.807, 2.05) is 6.92 Å². The maximum atomic E-state index is 10.9. The number of carbonyl (C=O) groups is 1. The van der Waals surface area contributed by atoms with Crippen LogP contribution in [-0.2, 0) is 14.3 Å². The molecular formula is C10H19NO3. The van der Waals surface area contributed by atoms with Gasteiger partial charge in [0.1, 0.15) is 6.10 Å². The summed E-state index contributed by atoms with van der Waals surface area (Å²) in [7, 11) is 0. The van der Waals surface area contributed by atoms with E-state index >= 15 is 0 Å². The fourth-order valence-electron chi connectivity index (χ4n) is 1.57. The third-order valence-corrected chi connectivity index (χ3v) is 2.56. The van der Waals surface area contributed by atoms with Crippen molar-refractivity contribution in [2.24, 2.45) is 11.7 Å². The molecule has 0 radical (unpaired) electrons. The predicted octanol–water partition coefficient (Wildman–Crippen LogP) is 0.694. The molecule has 0 aliphatic carbocycles. The number of nitrogens with two attached hydrogens (primary N) is 1. The number of hydrogen-bond donors (Lipinski definition) is 1. The summed E-state index contributed by atoms with van der Waals surface area (Å²) in [6.07, 6.45) is 2.28. The minimum Gasteiger partial charge on any atom is -0.381 e. The Labute approximate surface area is 84.7 Å². The summed E-state index contributed by atoms with van der Waals surface area (Å²) in [6.45, 7) is 4.15. The first-order valence-corrected chi connectivity index (χ1v) is 5.22. The molecule has 82 valence electrons. The van der Waals surface area contributed by atoms with Gasteiger partial charge in [-0.05, 0) is 25.2 Å². The zero-order valence-electron chi connectivity index (χ0n) is 8.70. The lowest BCUT2D eigenvalue weighted by atomic mass is 10.0. The van der Waals surface area contributed by atoms with Crippen LogP contribution in [0.3, 0.4) is 0 Å². The molecule has 0 saturated carbocycles. The first-order chi connectivity index (χ1) is 6.74. The van der Waals surface area contributed by atoms with Crippen LogP contribution in [0.15, 0.2) is 0 Å². The van der Waals surface area contributed by atoms with Gasteiger partial charge in [-0.15, -0.1) is 0 Å². The van der Waals surface area contributed by atoms with Crippen molar-refractivity contribution >= 4 is 5.91 Å². The fraction of sp³-hybridized carbons (Fsp3) is 0.900. The standard InChI is InChI=1S/C10H19NO3/c1-2-9(10(11)12)14-7-8-3-5-13-6-4-8/h8-9H,2-7H2,1H3,(H2,11,12). The molecule has 1 aliphatic rings. The van der Waals surface area contributed by atoms with Crippen LogP contribution in [0.25, 0.3) is 0 Å². The monoisotopic (exact) mass is 201 g/mol. The Morgan fingerprint density at radius 2 is 2.21 bits per heavy atom. The molecule has 1 amide bonds. The maximum absolute atomic E-state index is 10.9. The van der Waals surface area contributed by atoms with Gasteiger partial charge >= 0.3 is 0 Å². The van der Waals surface area contributed by atoms with Crippen LogP contribution in [0.4, 0.5) is 0 Å². The predicted molar refractivity (Wildman–Crippen MR) is 52.8 cm³/mol. The molecule has 0 aromatic carbocycles. The largest absolute Gasteiger partial charge is 0.381 e. The molecule has 0 aromatic heterocycles. The van der Waals surface area contributed by atoms with E-state index in [4.69, 9.17) is 15.2 Å². The van der Waals surface area contributed by atoms with Crippen molar-refractivity contribution in [3.8, 4) is 0 Å². The van der Waals surface area contributed by atoms with Crippen molar-refractivity contribution in [1.29, 1.82) is 0 Å². The van der Waals surface area contributed by atoms with E-state index in [9.17, 15) is 4.79 Å². The van der Waals surface area contributed by atoms with Gasteiger partial charge < -0.3 is 15.2 Å². The van der Waals surface area contributed by atoms with Crippen molar-refractivity contribution < 1.29 is 14.3 Å². The van der Waals surface area contributed by atoms with E-state index in [2.05, 4.69) is 0 Å².